The summed E-state index contributed by atoms with van der Waals surface area (Å²) in [5.74, 6) is 1.42. The van der Waals surface area contributed by atoms with E-state index < -0.39 is 0 Å². The highest BCUT2D eigenvalue weighted by Crippen LogP contribution is 2.38. The molecule has 2 aliphatic rings. The molecule has 0 unspecified atom stereocenters. The Balaban J connectivity index is 1.76. The van der Waals surface area contributed by atoms with E-state index in [4.69, 9.17) is 17.3 Å². The number of rotatable bonds is 3. The molecule has 2 bridgehead atoms. The molecule has 1 fully saturated rings. The average molecular weight is 212 g/mol. The summed E-state index contributed by atoms with van der Waals surface area (Å²) in [7, 11) is 0. The highest BCUT2D eigenvalue weighted by Gasteiger charge is 2.35. The molecule has 3 N–H and O–H groups in total. The number of hydrogen-bond acceptors (Lipinski definition) is 2. The second-order valence-corrected chi connectivity index (χ2v) is 4.42. The monoisotopic (exact) mass is 212 g/mol. The SMILES string of the molecule is OCCNC(=S)N[C@@H]1C[C@H]2C=C[C@H]1C2. The summed E-state index contributed by atoms with van der Waals surface area (Å²) < 4.78 is 0. The molecule has 2 rings (SSSR count). The van der Waals surface area contributed by atoms with E-state index in [1.165, 1.54) is 12.8 Å². The van der Waals surface area contributed by atoms with Crippen LogP contribution in [0.15, 0.2) is 12.2 Å². The minimum Gasteiger partial charge on any atom is -0.395 e. The summed E-state index contributed by atoms with van der Waals surface area (Å²) in [5.41, 5.74) is 0. The number of thiocarbonyl (C=S) groups is 1. The van der Waals surface area contributed by atoms with Gasteiger partial charge in [0.25, 0.3) is 0 Å². The molecular weight excluding hydrogens is 196 g/mol. The van der Waals surface area contributed by atoms with Crippen LogP contribution in [0.2, 0.25) is 0 Å². The minimum atomic E-state index is 0.123. The zero-order valence-electron chi connectivity index (χ0n) is 8.07. The third-order valence-corrected chi connectivity index (χ3v) is 3.25. The first-order valence-electron chi connectivity index (χ1n) is 5.13. The summed E-state index contributed by atoms with van der Waals surface area (Å²) >= 11 is 5.11. The molecule has 0 spiro atoms. The highest BCUT2D eigenvalue weighted by molar-refractivity contribution is 7.80. The lowest BCUT2D eigenvalue weighted by atomic mass is 10.0. The van der Waals surface area contributed by atoms with Crippen molar-refractivity contribution in [3.05, 3.63) is 12.2 Å². The molecule has 1 saturated carbocycles. The summed E-state index contributed by atoms with van der Waals surface area (Å²) in [4.78, 5) is 0. The van der Waals surface area contributed by atoms with Gasteiger partial charge < -0.3 is 15.7 Å². The van der Waals surface area contributed by atoms with E-state index in [2.05, 4.69) is 22.8 Å². The number of aliphatic hydroxyl groups excluding tert-OH is 1. The Bertz CT molecular complexity index is 255. The minimum absolute atomic E-state index is 0.123. The van der Waals surface area contributed by atoms with E-state index in [1.807, 2.05) is 0 Å². The van der Waals surface area contributed by atoms with Crippen molar-refractivity contribution in [2.45, 2.75) is 18.9 Å². The van der Waals surface area contributed by atoms with Gasteiger partial charge >= 0.3 is 0 Å². The van der Waals surface area contributed by atoms with Crippen LogP contribution in [0.1, 0.15) is 12.8 Å². The molecule has 0 radical (unpaired) electrons. The first-order valence-corrected chi connectivity index (χ1v) is 5.54. The molecule has 3 nitrogen and oxygen atoms in total. The van der Waals surface area contributed by atoms with Gasteiger partial charge in [0, 0.05) is 12.6 Å². The van der Waals surface area contributed by atoms with Crippen LogP contribution in [-0.2, 0) is 0 Å². The van der Waals surface area contributed by atoms with Crippen molar-refractivity contribution in [3.8, 4) is 0 Å². The summed E-state index contributed by atoms with van der Waals surface area (Å²) in [6.07, 6.45) is 7.08. The van der Waals surface area contributed by atoms with Crippen molar-refractivity contribution in [2.24, 2.45) is 11.8 Å². The molecule has 2 aliphatic carbocycles. The van der Waals surface area contributed by atoms with Gasteiger partial charge in [-0.2, -0.15) is 0 Å². The Morgan fingerprint density at radius 1 is 1.43 bits per heavy atom. The third-order valence-electron chi connectivity index (χ3n) is 2.99. The molecule has 78 valence electrons. The molecule has 14 heavy (non-hydrogen) atoms. The number of hydrogen-bond donors (Lipinski definition) is 3. The van der Waals surface area contributed by atoms with Crippen molar-refractivity contribution in [3.63, 3.8) is 0 Å². The van der Waals surface area contributed by atoms with Gasteiger partial charge in [0.2, 0.25) is 0 Å². The van der Waals surface area contributed by atoms with Gasteiger partial charge in [-0.05, 0) is 36.9 Å². The van der Waals surface area contributed by atoms with E-state index in [0.717, 1.165) is 5.92 Å². The third kappa shape index (κ3) is 2.07. The lowest BCUT2D eigenvalue weighted by Crippen LogP contribution is -2.44. The standard InChI is InChI=1S/C10H16N2OS/c13-4-3-11-10(14)12-9-6-7-1-2-8(9)5-7/h1-2,7-9,13H,3-6H2,(H2,11,12,14)/t7-,8-,9+/m0/s1. The van der Waals surface area contributed by atoms with Crippen LogP contribution >= 0.6 is 12.2 Å². The zero-order valence-corrected chi connectivity index (χ0v) is 8.89. The van der Waals surface area contributed by atoms with Crippen LogP contribution in [0, 0.1) is 11.8 Å². The molecule has 0 aliphatic heterocycles. The molecule has 3 atom stereocenters. The van der Waals surface area contributed by atoms with Crippen LogP contribution in [0.4, 0.5) is 0 Å². The quantitative estimate of drug-likeness (QED) is 0.468. The Morgan fingerprint density at radius 3 is 2.86 bits per heavy atom. The first kappa shape index (κ1) is 9.93. The van der Waals surface area contributed by atoms with Gasteiger partial charge in [-0.15, -0.1) is 0 Å². The lowest BCUT2D eigenvalue weighted by Gasteiger charge is -2.21. The fraction of sp³-hybridized carbons (Fsp3) is 0.700. The van der Waals surface area contributed by atoms with Crippen molar-refractivity contribution < 1.29 is 5.11 Å². The van der Waals surface area contributed by atoms with Crippen molar-refractivity contribution in [1.82, 2.24) is 10.6 Å². The van der Waals surface area contributed by atoms with Gasteiger partial charge in [-0.1, -0.05) is 12.2 Å². The second-order valence-electron chi connectivity index (χ2n) is 4.01. The smallest absolute Gasteiger partial charge is 0.166 e. The van der Waals surface area contributed by atoms with Gasteiger partial charge in [0.05, 0.1) is 6.61 Å². The van der Waals surface area contributed by atoms with Gasteiger partial charge in [0.15, 0.2) is 5.11 Å². The maximum Gasteiger partial charge on any atom is 0.166 e. The second kappa shape index (κ2) is 4.28. The van der Waals surface area contributed by atoms with E-state index in [1.54, 1.807) is 0 Å². The van der Waals surface area contributed by atoms with Gasteiger partial charge in [0.1, 0.15) is 0 Å². The lowest BCUT2D eigenvalue weighted by molar-refractivity contribution is 0.300. The van der Waals surface area contributed by atoms with Crippen LogP contribution in [0.25, 0.3) is 0 Å². The molecule has 0 saturated heterocycles. The first-order chi connectivity index (χ1) is 6.79. The predicted octanol–water partition coefficient (Wildman–Crippen LogP) is 0.407. The molecule has 0 amide bonds. The molecule has 0 aromatic carbocycles. The number of aliphatic hydroxyl groups is 1. The van der Waals surface area contributed by atoms with E-state index in [-0.39, 0.29) is 6.61 Å². The summed E-state index contributed by atoms with van der Waals surface area (Å²) in [6, 6.07) is 0.503. The van der Waals surface area contributed by atoms with Crippen LogP contribution in [0.3, 0.4) is 0 Å². The Kier molecular flexibility index (Phi) is 3.03. The Hall–Kier alpha value is -0.610. The maximum absolute atomic E-state index is 8.62. The summed E-state index contributed by atoms with van der Waals surface area (Å²) in [6.45, 7) is 0.654. The Labute approximate surface area is 89.6 Å². The zero-order chi connectivity index (χ0) is 9.97. The van der Waals surface area contributed by atoms with Crippen LogP contribution in [0.5, 0.6) is 0 Å². The van der Waals surface area contributed by atoms with Crippen molar-refractivity contribution in [1.29, 1.82) is 0 Å². The van der Waals surface area contributed by atoms with Crippen LogP contribution < -0.4 is 10.6 Å². The summed E-state index contributed by atoms with van der Waals surface area (Å²) in [5, 5.41) is 15.6. The average Bonchev–Trinajstić information content (AvgIpc) is 2.76. The highest BCUT2D eigenvalue weighted by atomic mass is 32.1. The molecule has 4 heteroatoms. The molecular formula is C10H16N2OS. The van der Waals surface area contributed by atoms with E-state index in [0.29, 0.717) is 23.6 Å². The molecule has 0 heterocycles. The van der Waals surface area contributed by atoms with E-state index >= 15 is 0 Å². The maximum atomic E-state index is 8.62. The topological polar surface area (TPSA) is 44.3 Å². The molecule has 0 aromatic heterocycles. The normalized spacial score (nSPS) is 33.4. The fourth-order valence-electron chi connectivity index (χ4n) is 2.34. The number of nitrogens with one attached hydrogen (secondary N) is 2. The predicted molar refractivity (Wildman–Crippen MR) is 60.0 cm³/mol. The van der Waals surface area contributed by atoms with Crippen molar-refractivity contribution in [2.75, 3.05) is 13.2 Å². The Morgan fingerprint density at radius 2 is 2.29 bits per heavy atom. The van der Waals surface area contributed by atoms with Gasteiger partial charge in [-0.3, -0.25) is 0 Å². The largest absolute Gasteiger partial charge is 0.395 e. The van der Waals surface area contributed by atoms with Crippen LogP contribution in [-0.4, -0.2) is 29.4 Å². The van der Waals surface area contributed by atoms with E-state index in [9.17, 15) is 0 Å². The van der Waals surface area contributed by atoms with Gasteiger partial charge in [-0.25, -0.2) is 0 Å². The molecule has 0 aromatic rings. The number of allylic oxidation sites excluding steroid dienone is 1. The fourth-order valence-corrected chi connectivity index (χ4v) is 2.59. The van der Waals surface area contributed by atoms with Crippen molar-refractivity contribution >= 4 is 17.3 Å². The number of fused-ring (bicyclic) bond motifs is 2.